The van der Waals surface area contributed by atoms with Crippen molar-refractivity contribution in [1.82, 2.24) is 0 Å². The number of furan rings is 1. The van der Waals surface area contributed by atoms with Crippen molar-refractivity contribution in [2.45, 2.75) is 0 Å². The first kappa shape index (κ1) is 28.4. The predicted octanol–water partition coefficient (Wildman–Crippen LogP) is 13.8. The Kier molecular flexibility index (Phi) is 6.53. The van der Waals surface area contributed by atoms with E-state index in [2.05, 4.69) is 193 Å². The summed E-state index contributed by atoms with van der Waals surface area (Å²) in [6.07, 6.45) is 0. The van der Waals surface area contributed by atoms with Crippen LogP contribution < -0.4 is 4.90 Å². The van der Waals surface area contributed by atoms with Crippen molar-refractivity contribution in [1.29, 1.82) is 0 Å². The third-order valence-electron chi connectivity index (χ3n) is 10.0. The molecule has 0 unspecified atom stereocenters. The highest BCUT2D eigenvalue weighted by molar-refractivity contribution is 6.23. The molecular weight excluding hydrogens is 607 g/mol. The van der Waals surface area contributed by atoms with Crippen LogP contribution in [0.3, 0.4) is 0 Å². The smallest absolute Gasteiger partial charge is 0.143 e. The Morgan fingerprint density at radius 2 is 0.960 bits per heavy atom. The van der Waals surface area contributed by atoms with E-state index in [-0.39, 0.29) is 0 Å². The van der Waals surface area contributed by atoms with Crippen molar-refractivity contribution < 1.29 is 4.42 Å². The van der Waals surface area contributed by atoms with Crippen molar-refractivity contribution in [3.8, 4) is 22.3 Å². The van der Waals surface area contributed by atoms with Gasteiger partial charge in [-0.15, -0.1) is 0 Å². The molecule has 2 heteroatoms. The molecule has 50 heavy (non-hydrogen) atoms. The van der Waals surface area contributed by atoms with Crippen LogP contribution in [-0.4, -0.2) is 0 Å². The number of hydrogen-bond donors (Lipinski definition) is 0. The van der Waals surface area contributed by atoms with Gasteiger partial charge >= 0.3 is 0 Å². The van der Waals surface area contributed by atoms with Gasteiger partial charge in [0.05, 0.1) is 5.69 Å². The maximum atomic E-state index is 6.92. The summed E-state index contributed by atoms with van der Waals surface area (Å²) in [5, 5.41) is 9.54. The van der Waals surface area contributed by atoms with Gasteiger partial charge in [0.1, 0.15) is 11.2 Å². The van der Waals surface area contributed by atoms with Gasteiger partial charge in [-0.2, -0.15) is 0 Å². The van der Waals surface area contributed by atoms with Gasteiger partial charge in [0.2, 0.25) is 0 Å². The molecule has 0 spiro atoms. The molecule has 0 aliphatic carbocycles. The van der Waals surface area contributed by atoms with Crippen LogP contribution in [0.5, 0.6) is 0 Å². The van der Waals surface area contributed by atoms with Crippen molar-refractivity contribution in [3.05, 3.63) is 188 Å². The highest BCUT2D eigenvalue weighted by atomic mass is 16.3. The normalized spacial score (nSPS) is 11.6. The highest BCUT2D eigenvalue weighted by Crippen LogP contribution is 2.46. The van der Waals surface area contributed by atoms with E-state index in [9.17, 15) is 0 Å². The zero-order chi connectivity index (χ0) is 33.0. The summed E-state index contributed by atoms with van der Waals surface area (Å²) >= 11 is 0. The Labute approximate surface area is 290 Å². The average molecular weight is 638 g/mol. The van der Waals surface area contributed by atoms with Gasteiger partial charge in [-0.25, -0.2) is 0 Å². The Bertz CT molecular complexity index is 2850. The van der Waals surface area contributed by atoms with E-state index < -0.39 is 0 Å². The topological polar surface area (TPSA) is 16.4 Å². The molecule has 10 aromatic rings. The molecule has 0 saturated heterocycles. The Balaban J connectivity index is 1.23. The van der Waals surface area contributed by atoms with E-state index >= 15 is 0 Å². The number of hydrogen-bond acceptors (Lipinski definition) is 2. The van der Waals surface area contributed by atoms with E-state index in [1.807, 2.05) is 0 Å². The van der Waals surface area contributed by atoms with Gasteiger partial charge in [-0.1, -0.05) is 146 Å². The van der Waals surface area contributed by atoms with E-state index in [0.29, 0.717) is 0 Å². The van der Waals surface area contributed by atoms with E-state index in [1.165, 1.54) is 43.4 Å². The molecule has 234 valence electrons. The van der Waals surface area contributed by atoms with Crippen molar-refractivity contribution in [2.75, 3.05) is 4.90 Å². The van der Waals surface area contributed by atoms with Crippen molar-refractivity contribution in [3.63, 3.8) is 0 Å². The van der Waals surface area contributed by atoms with Gasteiger partial charge in [0, 0.05) is 39.2 Å². The molecule has 10 rings (SSSR count). The number of rotatable bonds is 5. The quantitative estimate of drug-likeness (QED) is 0.175. The standard InChI is InChI=1S/C48H31NO/c1-3-12-32(13-4-1)33-24-26-38(27-25-33)49(44-21-11-18-36-23-22-35-16-7-9-19-40(35)46(36)44)39-28-29-42-45(31-39)50-48-43(34-14-5-2-6-15-34)30-37-17-8-10-20-41(37)47(42)48/h1-31H. The van der Waals surface area contributed by atoms with E-state index in [4.69, 9.17) is 4.42 Å². The second-order valence-corrected chi connectivity index (χ2v) is 12.9. The van der Waals surface area contributed by atoms with E-state index in [1.54, 1.807) is 0 Å². The SMILES string of the molecule is c1ccc(-c2ccc(N(c3ccc4c(c3)oc3c(-c5ccccc5)cc5ccccc5c34)c3cccc4ccc5ccccc5c34)cc2)cc1. The predicted molar refractivity (Wildman–Crippen MR) is 212 cm³/mol. The van der Waals surface area contributed by atoms with Crippen LogP contribution in [0.4, 0.5) is 17.1 Å². The zero-order valence-electron chi connectivity index (χ0n) is 27.3. The fourth-order valence-corrected chi connectivity index (χ4v) is 7.67. The van der Waals surface area contributed by atoms with Crippen LogP contribution in [-0.2, 0) is 0 Å². The minimum atomic E-state index is 0.863. The lowest BCUT2D eigenvalue weighted by atomic mass is 9.96. The fourth-order valence-electron chi connectivity index (χ4n) is 7.67. The lowest BCUT2D eigenvalue weighted by Crippen LogP contribution is -2.10. The summed E-state index contributed by atoms with van der Waals surface area (Å²) in [6, 6.07) is 67.3. The molecule has 1 aromatic heterocycles. The third-order valence-corrected chi connectivity index (χ3v) is 10.0. The molecule has 0 saturated carbocycles. The van der Waals surface area contributed by atoms with Crippen molar-refractivity contribution in [2.24, 2.45) is 0 Å². The number of anilines is 3. The van der Waals surface area contributed by atoms with Gasteiger partial charge in [-0.05, 0) is 80.0 Å². The second-order valence-electron chi connectivity index (χ2n) is 12.9. The molecule has 0 amide bonds. The van der Waals surface area contributed by atoms with Gasteiger partial charge in [0.25, 0.3) is 0 Å². The Morgan fingerprint density at radius 3 is 1.74 bits per heavy atom. The monoisotopic (exact) mass is 637 g/mol. The molecule has 9 aromatic carbocycles. The van der Waals surface area contributed by atoms with Gasteiger partial charge in [-0.3, -0.25) is 0 Å². The van der Waals surface area contributed by atoms with Crippen LogP contribution >= 0.6 is 0 Å². The molecule has 0 aliphatic heterocycles. The molecule has 0 aliphatic rings. The van der Waals surface area contributed by atoms with E-state index in [0.717, 1.165) is 50.1 Å². The second kappa shape index (κ2) is 11.5. The molecule has 0 bridgehead atoms. The summed E-state index contributed by atoms with van der Waals surface area (Å²) in [4.78, 5) is 2.38. The third kappa shape index (κ3) is 4.57. The van der Waals surface area contributed by atoms with Crippen molar-refractivity contribution >= 4 is 71.3 Å². The summed E-state index contributed by atoms with van der Waals surface area (Å²) in [5.74, 6) is 0. The molecule has 0 N–H and O–H groups in total. The minimum absolute atomic E-state index is 0.863. The first-order valence-corrected chi connectivity index (χ1v) is 17.1. The molecular formula is C48H31NO. The summed E-state index contributed by atoms with van der Waals surface area (Å²) in [5.41, 5.74) is 9.65. The Morgan fingerprint density at radius 1 is 0.360 bits per heavy atom. The fraction of sp³-hybridized carbons (Fsp3) is 0. The summed E-state index contributed by atoms with van der Waals surface area (Å²) < 4.78 is 6.92. The highest BCUT2D eigenvalue weighted by Gasteiger charge is 2.21. The van der Waals surface area contributed by atoms with Crippen LogP contribution in [0, 0.1) is 0 Å². The molecule has 0 atom stereocenters. The maximum absolute atomic E-state index is 6.92. The summed E-state index contributed by atoms with van der Waals surface area (Å²) in [6.45, 7) is 0. The minimum Gasteiger partial charge on any atom is -0.455 e. The zero-order valence-corrected chi connectivity index (χ0v) is 27.3. The molecule has 0 fully saturated rings. The molecule has 0 radical (unpaired) electrons. The largest absolute Gasteiger partial charge is 0.455 e. The lowest BCUT2D eigenvalue weighted by molar-refractivity contribution is 0.670. The number of benzene rings is 9. The first-order chi connectivity index (χ1) is 24.8. The van der Waals surface area contributed by atoms with Gasteiger partial charge in [0.15, 0.2) is 0 Å². The number of fused-ring (bicyclic) bond motifs is 8. The maximum Gasteiger partial charge on any atom is 0.143 e. The first-order valence-electron chi connectivity index (χ1n) is 17.1. The number of nitrogens with zero attached hydrogens (tertiary/aromatic N) is 1. The lowest BCUT2D eigenvalue weighted by Gasteiger charge is -2.27. The van der Waals surface area contributed by atoms with Gasteiger partial charge < -0.3 is 9.32 Å². The van der Waals surface area contributed by atoms with Crippen LogP contribution in [0.2, 0.25) is 0 Å². The summed E-state index contributed by atoms with van der Waals surface area (Å²) in [7, 11) is 0. The molecule has 2 nitrogen and oxygen atoms in total. The Hall–Kier alpha value is -6.64. The molecule has 1 heterocycles. The van der Waals surface area contributed by atoms with Crippen LogP contribution in [0.15, 0.2) is 192 Å². The van der Waals surface area contributed by atoms with Crippen LogP contribution in [0.25, 0.3) is 76.5 Å². The average Bonchev–Trinajstić information content (AvgIpc) is 3.58. The van der Waals surface area contributed by atoms with Crippen LogP contribution in [0.1, 0.15) is 0 Å².